The molecule has 1 saturated heterocycles. The van der Waals surface area contributed by atoms with Crippen molar-refractivity contribution < 1.29 is 31.9 Å². The van der Waals surface area contributed by atoms with Crippen molar-refractivity contribution in [2.45, 2.75) is 44.1 Å². The van der Waals surface area contributed by atoms with Crippen LogP contribution >= 0.6 is 15.9 Å². The molecule has 4 rings (SSSR count). The number of fused-ring (bicyclic) bond motifs is 2. The van der Waals surface area contributed by atoms with Crippen molar-refractivity contribution in [3.63, 3.8) is 0 Å². The summed E-state index contributed by atoms with van der Waals surface area (Å²) in [5.41, 5.74) is 0.399. The Bertz CT molecular complexity index is 1160. The third kappa shape index (κ3) is 4.28. The van der Waals surface area contributed by atoms with Crippen LogP contribution in [-0.2, 0) is 28.1 Å². The number of urea groups is 1. The molecular weight excluding hydrogens is 522 g/mol. The molecule has 180 valence electrons. The van der Waals surface area contributed by atoms with E-state index in [9.17, 15) is 31.9 Å². The van der Waals surface area contributed by atoms with E-state index >= 15 is 0 Å². The molecule has 1 aliphatic heterocycles. The standard InChI is InChI=1S/C23H20BrF4N3O3/c1-13(23(26,27)28)30(11-14-2-5-17(25)6-3-14)19(32)12-31-20(33)22(29-21(31)34)9-8-15-10-16(24)4-7-18(15)22/h2-7,10,13H,8-9,11-12H2,1H3,(H,29,34)/t13-,22+/m0/s1. The van der Waals surface area contributed by atoms with Crippen LogP contribution < -0.4 is 5.32 Å². The molecule has 1 spiro atoms. The predicted octanol–water partition coefficient (Wildman–Crippen LogP) is 4.26. The predicted molar refractivity (Wildman–Crippen MR) is 117 cm³/mol. The Hall–Kier alpha value is -2.95. The molecule has 0 unspecified atom stereocenters. The molecule has 4 amide bonds. The Morgan fingerprint density at radius 2 is 1.88 bits per heavy atom. The highest BCUT2D eigenvalue weighted by atomic mass is 79.9. The number of carbonyl (C=O) groups is 3. The minimum Gasteiger partial charge on any atom is -0.325 e. The van der Waals surface area contributed by atoms with Gasteiger partial charge in [-0.15, -0.1) is 0 Å². The second kappa shape index (κ2) is 8.68. The molecule has 0 saturated carbocycles. The van der Waals surface area contributed by atoms with E-state index in [4.69, 9.17) is 0 Å². The minimum absolute atomic E-state index is 0.273. The first-order valence-corrected chi connectivity index (χ1v) is 11.3. The van der Waals surface area contributed by atoms with E-state index in [1.54, 1.807) is 12.1 Å². The molecule has 2 atom stereocenters. The minimum atomic E-state index is -4.74. The van der Waals surface area contributed by atoms with Crippen molar-refractivity contribution in [3.05, 3.63) is 69.4 Å². The van der Waals surface area contributed by atoms with E-state index in [2.05, 4.69) is 21.2 Å². The van der Waals surface area contributed by atoms with Crippen molar-refractivity contribution in [1.29, 1.82) is 0 Å². The molecule has 11 heteroatoms. The lowest BCUT2D eigenvalue weighted by Crippen LogP contribution is -2.51. The summed E-state index contributed by atoms with van der Waals surface area (Å²) in [7, 11) is 0. The van der Waals surface area contributed by atoms with Crippen LogP contribution in [0.5, 0.6) is 0 Å². The summed E-state index contributed by atoms with van der Waals surface area (Å²) in [4.78, 5) is 40.2. The maximum Gasteiger partial charge on any atom is 0.408 e. The summed E-state index contributed by atoms with van der Waals surface area (Å²) >= 11 is 3.36. The maximum atomic E-state index is 13.5. The first-order valence-electron chi connectivity index (χ1n) is 10.5. The smallest absolute Gasteiger partial charge is 0.325 e. The van der Waals surface area contributed by atoms with Gasteiger partial charge in [0.15, 0.2) is 0 Å². The van der Waals surface area contributed by atoms with Gasteiger partial charge in [-0.3, -0.25) is 14.5 Å². The average molecular weight is 542 g/mol. The third-order valence-electron chi connectivity index (χ3n) is 6.29. The van der Waals surface area contributed by atoms with Gasteiger partial charge in [-0.05, 0) is 60.7 Å². The van der Waals surface area contributed by atoms with Crippen LogP contribution in [0, 0.1) is 5.82 Å². The Balaban J connectivity index is 1.58. The molecule has 0 bridgehead atoms. The number of amides is 4. The Labute approximate surface area is 201 Å². The zero-order valence-corrected chi connectivity index (χ0v) is 19.5. The number of rotatable bonds is 5. The number of benzene rings is 2. The summed E-state index contributed by atoms with van der Waals surface area (Å²) in [5, 5.41) is 2.65. The number of nitrogens with one attached hydrogen (secondary N) is 1. The fraction of sp³-hybridized carbons (Fsp3) is 0.348. The molecule has 0 aromatic heterocycles. The van der Waals surface area contributed by atoms with Gasteiger partial charge in [-0.25, -0.2) is 9.18 Å². The molecular formula is C23H20BrF4N3O3. The Kier molecular flexibility index (Phi) is 6.17. The second-order valence-corrected chi connectivity index (χ2v) is 9.31. The summed E-state index contributed by atoms with van der Waals surface area (Å²) in [6.45, 7) is -0.495. The lowest BCUT2D eigenvalue weighted by Gasteiger charge is -2.32. The first kappa shape index (κ1) is 24.2. The van der Waals surface area contributed by atoms with E-state index in [-0.39, 0.29) is 12.0 Å². The highest BCUT2D eigenvalue weighted by Crippen LogP contribution is 2.42. The van der Waals surface area contributed by atoms with Gasteiger partial charge in [-0.1, -0.05) is 34.1 Å². The topological polar surface area (TPSA) is 69.7 Å². The number of hydrogen-bond acceptors (Lipinski definition) is 3. The molecule has 1 aliphatic carbocycles. The largest absolute Gasteiger partial charge is 0.408 e. The molecule has 1 N–H and O–H groups in total. The van der Waals surface area contributed by atoms with Crippen molar-refractivity contribution in [2.75, 3.05) is 6.54 Å². The van der Waals surface area contributed by atoms with Gasteiger partial charge in [0.1, 0.15) is 23.9 Å². The van der Waals surface area contributed by atoms with Gasteiger partial charge in [-0.2, -0.15) is 13.2 Å². The highest BCUT2D eigenvalue weighted by molar-refractivity contribution is 9.10. The van der Waals surface area contributed by atoms with E-state index in [1.165, 1.54) is 12.1 Å². The number of imide groups is 1. The van der Waals surface area contributed by atoms with Crippen LogP contribution in [0.25, 0.3) is 0 Å². The molecule has 2 aliphatic rings. The summed E-state index contributed by atoms with van der Waals surface area (Å²) in [6.07, 6.45) is -3.94. The van der Waals surface area contributed by atoms with E-state index in [0.29, 0.717) is 21.8 Å². The van der Waals surface area contributed by atoms with Crippen LogP contribution in [-0.4, -0.2) is 46.4 Å². The van der Waals surface area contributed by atoms with Crippen LogP contribution in [0.4, 0.5) is 22.4 Å². The van der Waals surface area contributed by atoms with Gasteiger partial charge in [0.05, 0.1) is 0 Å². The highest BCUT2D eigenvalue weighted by Gasteiger charge is 2.56. The van der Waals surface area contributed by atoms with Gasteiger partial charge in [0, 0.05) is 11.0 Å². The van der Waals surface area contributed by atoms with Crippen LogP contribution in [0.3, 0.4) is 0 Å². The van der Waals surface area contributed by atoms with E-state index in [0.717, 1.165) is 29.1 Å². The molecule has 6 nitrogen and oxygen atoms in total. The van der Waals surface area contributed by atoms with Gasteiger partial charge >= 0.3 is 12.2 Å². The summed E-state index contributed by atoms with van der Waals surface area (Å²) in [5.74, 6) is -2.30. The van der Waals surface area contributed by atoms with Gasteiger partial charge in [0.25, 0.3) is 5.91 Å². The summed E-state index contributed by atoms with van der Waals surface area (Å²) < 4.78 is 54.6. The fourth-order valence-corrected chi connectivity index (χ4v) is 4.80. The number of hydrogen-bond donors (Lipinski definition) is 1. The molecule has 2 aromatic rings. The second-order valence-electron chi connectivity index (χ2n) is 8.39. The number of aryl methyl sites for hydroxylation is 1. The van der Waals surface area contributed by atoms with Gasteiger partial charge in [0.2, 0.25) is 5.91 Å². The van der Waals surface area contributed by atoms with E-state index in [1.807, 2.05) is 6.07 Å². The maximum absolute atomic E-state index is 13.5. The Morgan fingerprint density at radius 3 is 2.53 bits per heavy atom. The zero-order chi connectivity index (χ0) is 24.8. The number of halogens is 5. The third-order valence-corrected chi connectivity index (χ3v) is 6.79. The quantitative estimate of drug-likeness (QED) is 0.454. The van der Waals surface area contributed by atoms with Crippen molar-refractivity contribution in [2.24, 2.45) is 0 Å². The molecule has 1 fully saturated rings. The van der Waals surface area contributed by atoms with Crippen molar-refractivity contribution >= 4 is 33.8 Å². The molecule has 34 heavy (non-hydrogen) atoms. The number of alkyl halides is 3. The van der Waals surface area contributed by atoms with Crippen LogP contribution in [0.2, 0.25) is 0 Å². The summed E-state index contributed by atoms with van der Waals surface area (Å²) in [6, 6.07) is 6.95. The Morgan fingerprint density at radius 1 is 1.21 bits per heavy atom. The first-order chi connectivity index (χ1) is 15.9. The van der Waals surface area contributed by atoms with Crippen LogP contribution in [0.15, 0.2) is 46.9 Å². The zero-order valence-electron chi connectivity index (χ0n) is 18.0. The number of nitrogens with zero attached hydrogens (tertiary/aromatic N) is 2. The van der Waals surface area contributed by atoms with E-state index < -0.39 is 54.5 Å². The molecule has 1 heterocycles. The molecule has 0 radical (unpaired) electrons. The fourth-order valence-electron chi connectivity index (χ4n) is 4.39. The SMILES string of the molecule is C[C@H](N(Cc1ccc(F)cc1)C(=O)CN1C(=O)N[C@@]2(CCc3cc(Br)ccc32)C1=O)C(F)(F)F. The monoisotopic (exact) mass is 541 g/mol. The van der Waals surface area contributed by atoms with Crippen molar-refractivity contribution in [1.82, 2.24) is 15.1 Å². The lowest BCUT2D eigenvalue weighted by molar-refractivity contribution is -0.187. The number of carbonyl (C=O) groups excluding carboxylic acids is 3. The van der Waals surface area contributed by atoms with Crippen LogP contribution in [0.1, 0.15) is 30.0 Å². The lowest BCUT2D eigenvalue weighted by atomic mass is 9.92. The molecule has 2 aromatic carbocycles. The normalized spacial score (nSPS) is 20.5. The van der Waals surface area contributed by atoms with Gasteiger partial charge < -0.3 is 10.2 Å². The van der Waals surface area contributed by atoms with Crippen molar-refractivity contribution in [3.8, 4) is 0 Å². The average Bonchev–Trinajstić information content (AvgIpc) is 3.24.